The number of para-hydroxylation sites is 4. The van der Waals surface area contributed by atoms with E-state index < -0.39 is 0 Å². The van der Waals surface area contributed by atoms with Gasteiger partial charge in [0.2, 0.25) is 0 Å². The zero-order chi connectivity index (χ0) is 31.9. The maximum absolute atomic E-state index is 4.38. The first-order valence-electron chi connectivity index (χ1n) is 15.3. The summed E-state index contributed by atoms with van der Waals surface area (Å²) < 4.78 is 0. The van der Waals surface area contributed by atoms with Crippen molar-refractivity contribution in [3.63, 3.8) is 0 Å². The predicted molar refractivity (Wildman–Crippen MR) is 246 cm³/mol. The summed E-state index contributed by atoms with van der Waals surface area (Å²) in [6, 6.07) is 44.8. The van der Waals surface area contributed by atoms with E-state index in [0.29, 0.717) is 0 Å². The molecule has 53 heavy (non-hydrogen) atoms. The molecule has 4 aromatic heterocycles. The molecule has 4 heteroatoms. The van der Waals surface area contributed by atoms with Crippen molar-refractivity contribution in [1.29, 1.82) is 0 Å². The number of rotatable bonds is 0. The zero-order valence-corrected chi connectivity index (χ0v) is 26.7. The Hall–Kier alpha value is -5.48. The molecule has 0 aliphatic rings. The van der Waals surface area contributed by atoms with E-state index in [1.807, 2.05) is 130 Å². The maximum Gasteiger partial charge on any atom is 0.0705 e. The second-order valence-corrected chi connectivity index (χ2v) is 10.2. The lowest BCUT2D eigenvalue weighted by Gasteiger charge is -1.97. The van der Waals surface area contributed by atoms with Gasteiger partial charge in [-0.05, 0) is 80.4 Å². The second-order valence-electron chi connectivity index (χ2n) is 10.2. The number of nitrogens with zero attached hydrogens (tertiary/aromatic N) is 4. The van der Waals surface area contributed by atoms with Gasteiger partial charge in [-0.15, -0.1) is 0 Å². The molecule has 0 atom stereocenters. The van der Waals surface area contributed by atoms with Gasteiger partial charge in [-0.3, -0.25) is 19.9 Å². The van der Waals surface area contributed by atoms with Gasteiger partial charge in [-0.25, -0.2) is 0 Å². The van der Waals surface area contributed by atoms with Crippen molar-refractivity contribution in [2.75, 3.05) is 0 Å². The van der Waals surface area contributed by atoms with E-state index >= 15 is 0 Å². The van der Waals surface area contributed by atoms with E-state index in [1.54, 1.807) is 0 Å². The minimum atomic E-state index is 0. The molecule has 0 radical (unpaired) electrons. The Morgan fingerprint density at radius 2 is 0.830 bits per heavy atom. The average Bonchev–Trinajstić information content (AvgIpc) is 3.10. The van der Waals surface area contributed by atoms with Crippen LogP contribution in [0.5, 0.6) is 0 Å². The molecule has 0 amide bonds. The van der Waals surface area contributed by atoms with E-state index in [0.717, 1.165) is 27.8 Å². The van der Waals surface area contributed by atoms with Crippen LogP contribution in [0, 0.1) is 20.8 Å². The molecule has 8 aromatic rings. The number of aromatic nitrogens is 4. The SMILES string of the molecule is C.C.C.C.C.C.C.C.CC.Cc1ccc2ccccc2n1.Cc1ccnc2ccccc12.Cc1cnc2ccccc2c1.c1ccc2ncccc2c1. The van der Waals surface area contributed by atoms with Gasteiger partial charge in [0.1, 0.15) is 0 Å². The van der Waals surface area contributed by atoms with E-state index in [9.17, 15) is 0 Å². The highest BCUT2D eigenvalue weighted by Gasteiger charge is 1.94. The molecule has 0 saturated carbocycles. The Morgan fingerprint density at radius 1 is 0.377 bits per heavy atom. The Bertz CT molecular complexity index is 1930. The lowest BCUT2D eigenvalue weighted by molar-refractivity contribution is 1.26. The van der Waals surface area contributed by atoms with Crippen LogP contribution in [-0.2, 0) is 0 Å². The molecule has 0 bridgehead atoms. The van der Waals surface area contributed by atoms with Crippen molar-refractivity contribution in [1.82, 2.24) is 19.9 Å². The van der Waals surface area contributed by atoms with Crippen molar-refractivity contribution >= 4 is 43.6 Å². The fraction of sp³-hybridized carbons (Fsp3) is 0.265. The summed E-state index contributed by atoms with van der Waals surface area (Å²) in [6.07, 6.45) is 5.54. The van der Waals surface area contributed by atoms with Crippen LogP contribution in [0.4, 0.5) is 0 Å². The molecule has 0 aliphatic heterocycles. The van der Waals surface area contributed by atoms with Gasteiger partial charge in [-0.2, -0.15) is 0 Å². The van der Waals surface area contributed by atoms with Crippen LogP contribution in [-0.4, -0.2) is 19.9 Å². The van der Waals surface area contributed by atoms with E-state index in [2.05, 4.69) is 76.2 Å². The molecule has 0 saturated heterocycles. The quantitative estimate of drug-likeness (QED) is 0.157. The van der Waals surface area contributed by atoms with Crippen LogP contribution >= 0.6 is 0 Å². The minimum absolute atomic E-state index is 0. The number of hydrogen-bond acceptors (Lipinski definition) is 4. The van der Waals surface area contributed by atoms with Crippen molar-refractivity contribution in [2.45, 2.75) is 94.0 Å². The highest BCUT2D eigenvalue weighted by molar-refractivity contribution is 5.81. The number of benzene rings is 4. The van der Waals surface area contributed by atoms with E-state index in [4.69, 9.17) is 0 Å². The van der Waals surface area contributed by atoms with Crippen LogP contribution in [0.25, 0.3) is 43.6 Å². The second kappa shape index (κ2) is 30.2. The highest BCUT2D eigenvalue weighted by atomic mass is 14.7. The maximum atomic E-state index is 4.38. The summed E-state index contributed by atoms with van der Waals surface area (Å²) in [5, 5.41) is 4.87. The van der Waals surface area contributed by atoms with Crippen LogP contribution in [0.2, 0.25) is 0 Å². The Balaban J connectivity index is -0.000000181. The molecule has 4 nitrogen and oxygen atoms in total. The summed E-state index contributed by atoms with van der Waals surface area (Å²) in [6.45, 7) is 10.2. The molecule has 8 rings (SSSR count). The summed E-state index contributed by atoms with van der Waals surface area (Å²) in [5.41, 5.74) is 7.85. The molecule has 0 aliphatic carbocycles. The van der Waals surface area contributed by atoms with Crippen molar-refractivity contribution in [3.8, 4) is 0 Å². The number of hydrogen-bond donors (Lipinski definition) is 0. The lowest BCUT2D eigenvalue weighted by atomic mass is 10.1. The average molecular weight is 717 g/mol. The summed E-state index contributed by atoms with van der Waals surface area (Å²) in [5.74, 6) is 0. The summed E-state index contributed by atoms with van der Waals surface area (Å²) in [7, 11) is 0. The predicted octanol–water partition coefficient (Wildman–Crippen LogP) is 16.0. The normalized spacial score (nSPS) is 8.40. The monoisotopic (exact) mass is 717 g/mol. The molecular formula is C49H72N4. The minimum Gasteiger partial charge on any atom is -0.256 e. The third kappa shape index (κ3) is 17.1. The van der Waals surface area contributed by atoms with E-state index in [-0.39, 0.29) is 59.4 Å². The number of pyridine rings is 4. The Kier molecular flexibility index (Phi) is 32.4. The highest BCUT2D eigenvalue weighted by Crippen LogP contribution is 2.14. The zero-order valence-electron chi connectivity index (χ0n) is 26.7. The standard InChI is InChI=1S/3C10H9N.C9H7N.C2H6.8CH4/c1-8-6-9-4-2-3-5-10(9)11-7-8;1-8-6-7-11-10-5-3-2-4-9(8)10;1-8-6-7-9-4-2-3-5-10(9)11-8;1-2-6-9-8(4-1)5-3-7-10-9;1-2;;;;;;;;/h3*2-7H,1H3;1-7H;1-2H3;8*1H4. The largest absolute Gasteiger partial charge is 0.256 e. The van der Waals surface area contributed by atoms with Gasteiger partial charge in [0.05, 0.1) is 22.1 Å². The molecule has 288 valence electrons. The van der Waals surface area contributed by atoms with Crippen LogP contribution < -0.4 is 0 Å². The fourth-order valence-corrected chi connectivity index (χ4v) is 4.60. The van der Waals surface area contributed by atoms with E-state index in [1.165, 1.54) is 32.7 Å². The topological polar surface area (TPSA) is 51.6 Å². The van der Waals surface area contributed by atoms with Crippen LogP contribution in [0.3, 0.4) is 0 Å². The first kappa shape index (κ1) is 56.9. The summed E-state index contributed by atoms with van der Waals surface area (Å²) in [4.78, 5) is 17.1. The molecule has 4 aromatic carbocycles. The van der Waals surface area contributed by atoms with Gasteiger partial charge in [0.25, 0.3) is 0 Å². The van der Waals surface area contributed by atoms with Crippen molar-refractivity contribution < 1.29 is 0 Å². The molecular weight excluding hydrogens is 645 g/mol. The Labute approximate surface area is 325 Å². The Morgan fingerprint density at radius 3 is 1.42 bits per heavy atom. The third-order valence-electron chi connectivity index (χ3n) is 6.84. The first-order valence-corrected chi connectivity index (χ1v) is 15.3. The first-order chi connectivity index (χ1) is 22.1. The third-order valence-corrected chi connectivity index (χ3v) is 6.84. The van der Waals surface area contributed by atoms with Gasteiger partial charge in [-0.1, -0.05) is 158 Å². The molecule has 0 fully saturated rings. The molecule has 4 heterocycles. The number of aryl methyl sites for hydroxylation is 3. The summed E-state index contributed by atoms with van der Waals surface area (Å²) >= 11 is 0. The molecule has 0 unspecified atom stereocenters. The fourth-order valence-electron chi connectivity index (χ4n) is 4.60. The van der Waals surface area contributed by atoms with Crippen molar-refractivity contribution in [2.24, 2.45) is 0 Å². The lowest BCUT2D eigenvalue weighted by Crippen LogP contribution is -1.80. The van der Waals surface area contributed by atoms with Crippen molar-refractivity contribution in [3.05, 3.63) is 169 Å². The van der Waals surface area contributed by atoms with Gasteiger partial charge >= 0.3 is 0 Å². The molecule has 0 N–H and O–H groups in total. The van der Waals surface area contributed by atoms with Crippen LogP contribution in [0.1, 0.15) is 90.1 Å². The van der Waals surface area contributed by atoms with Gasteiger partial charge < -0.3 is 0 Å². The van der Waals surface area contributed by atoms with Gasteiger partial charge in [0, 0.05) is 45.8 Å². The number of fused-ring (bicyclic) bond motifs is 4. The van der Waals surface area contributed by atoms with Crippen LogP contribution in [0.15, 0.2) is 152 Å². The van der Waals surface area contributed by atoms with Gasteiger partial charge in [0.15, 0.2) is 0 Å². The smallest absolute Gasteiger partial charge is 0.0705 e. The molecule has 0 spiro atoms.